The lowest BCUT2D eigenvalue weighted by Crippen LogP contribution is -2.40. The maximum Gasteiger partial charge on any atom is 0.307 e. The average Bonchev–Trinajstić information content (AvgIpc) is 3.19. The van der Waals surface area contributed by atoms with Gasteiger partial charge in [0.2, 0.25) is 5.91 Å². The van der Waals surface area contributed by atoms with Gasteiger partial charge in [0, 0.05) is 35.1 Å². The second-order valence-corrected chi connectivity index (χ2v) is 7.81. The summed E-state index contributed by atoms with van der Waals surface area (Å²) in [6, 6.07) is 5.41. The molecule has 0 unspecified atom stereocenters. The summed E-state index contributed by atoms with van der Waals surface area (Å²) < 4.78 is 7.39. The van der Waals surface area contributed by atoms with Crippen molar-refractivity contribution in [1.82, 2.24) is 14.5 Å². The van der Waals surface area contributed by atoms with Gasteiger partial charge in [0.1, 0.15) is 12.1 Å². The second-order valence-electron chi connectivity index (χ2n) is 6.55. The molecule has 1 aromatic carbocycles. The Morgan fingerprint density at radius 2 is 2.15 bits per heavy atom. The molecule has 0 bridgehead atoms. The van der Waals surface area contributed by atoms with E-state index in [1.807, 2.05) is 17.9 Å². The number of likely N-dealkylation sites (tertiary alicyclic amines) is 1. The number of thiazole rings is 1. The van der Waals surface area contributed by atoms with Crippen LogP contribution in [0.5, 0.6) is 0 Å². The normalized spacial score (nSPS) is 15.7. The third-order valence-electron chi connectivity index (χ3n) is 4.83. The first kappa shape index (κ1) is 17.3. The summed E-state index contributed by atoms with van der Waals surface area (Å²) in [6.45, 7) is 3.24. The van der Waals surface area contributed by atoms with Crippen LogP contribution in [0.15, 0.2) is 32.8 Å². The van der Waals surface area contributed by atoms with E-state index in [-0.39, 0.29) is 23.2 Å². The van der Waals surface area contributed by atoms with Gasteiger partial charge in [-0.05, 0) is 38.0 Å². The van der Waals surface area contributed by atoms with Gasteiger partial charge in [-0.2, -0.15) is 0 Å². The Hall–Kier alpha value is -2.12. The standard InChI is InChI=1S/C18H18ClN3O3S/c1-11-10-26-18(24)22(11)9-16(23)21-6-4-12(5-7-21)17-20-14-8-13(19)2-3-15(14)25-17/h2-3,8,10,12H,4-7,9H2,1H3. The van der Waals surface area contributed by atoms with Gasteiger partial charge < -0.3 is 9.32 Å². The van der Waals surface area contributed by atoms with Crippen molar-refractivity contribution in [2.24, 2.45) is 0 Å². The number of rotatable bonds is 3. The van der Waals surface area contributed by atoms with Crippen LogP contribution in [0.3, 0.4) is 0 Å². The summed E-state index contributed by atoms with van der Waals surface area (Å²) in [5.41, 5.74) is 2.32. The number of hydrogen-bond acceptors (Lipinski definition) is 5. The van der Waals surface area contributed by atoms with Crippen LogP contribution in [0.1, 0.15) is 30.3 Å². The van der Waals surface area contributed by atoms with Crippen molar-refractivity contribution in [3.63, 3.8) is 0 Å². The number of nitrogens with zero attached hydrogens (tertiary/aromatic N) is 3. The highest BCUT2D eigenvalue weighted by Gasteiger charge is 2.27. The van der Waals surface area contributed by atoms with Gasteiger partial charge in [-0.1, -0.05) is 22.9 Å². The number of carbonyl (C=O) groups excluding carboxylic acids is 1. The summed E-state index contributed by atoms with van der Waals surface area (Å²) in [5, 5.41) is 2.41. The Balaban J connectivity index is 1.41. The van der Waals surface area contributed by atoms with E-state index in [1.165, 1.54) is 4.57 Å². The number of hydrogen-bond donors (Lipinski definition) is 0. The van der Waals surface area contributed by atoms with Crippen molar-refractivity contribution < 1.29 is 9.21 Å². The monoisotopic (exact) mass is 391 g/mol. The zero-order valence-electron chi connectivity index (χ0n) is 14.3. The Morgan fingerprint density at radius 1 is 1.38 bits per heavy atom. The van der Waals surface area contributed by atoms with Gasteiger partial charge in [-0.3, -0.25) is 14.2 Å². The first-order valence-corrected chi connectivity index (χ1v) is 9.76. The second kappa shape index (κ2) is 6.89. The average molecular weight is 392 g/mol. The summed E-state index contributed by atoms with van der Waals surface area (Å²) in [7, 11) is 0. The SMILES string of the molecule is Cc1csc(=O)n1CC(=O)N1CCC(c2nc3cc(Cl)ccc3o2)CC1. The number of halogens is 1. The fraction of sp³-hybridized carbons (Fsp3) is 0.389. The maximum absolute atomic E-state index is 12.5. The molecule has 0 saturated carbocycles. The van der Waals surface area contributed by atoms with E-state index in [0.29, 0.717) is 24.0 Å². The molecule has 0 N–H and O–H groups in total. The Morgan fingerprint density at radius 3 is 2.85 bits per heavy atom. The largest absolute Gasteiger partial charge is 0.440 e. The molecule has 1 fully saturated rings. The van der Waals surface area contributed by atoms with E-state index in [1.54, 1.807) is 17.5 Å². The molecule has 0 radical (unpaired) electrons. The van der Waals surface area contributed by atoms with Crippen molar-refractivity contribution in [2.45, 2.75) is 32.2 Å². The third-order valence-corrected chi connectivity index (χ3v) is 5.95. The lowest BCUT2D eigenvalue weighted by molar-refractivity contribution is -0.133. The van der Waals surface area contributed by atoms with Crippen molar-refractivity contribution in [3.8, 4) is 0 Å². The number of benzene rings is 1. The first-order valence-electron chi connectivity index (χ1n) is 8.50. The summed E-state index contributed by atoms with van der Waals surface area (Å²) in [5.74, 6) is 0.881. The predicted molar refractivity (Wildman–Crippen MR) is 101 cm³/mol. The fourth-order valence-corrected chi connectivity index (χ4v) is 4.20. The highest BCUT2D eigenvalue weighted by molar-refractivity contribution is 7.07. The fourth-order valence-electron chi connectivity index (χ4n) is 3.30. The van der Waals surface area contributed by atoms with Crippen molar-refractivity contribution in [1.29, 1.82) is 0 Å². The molecule has 1 aliphatic heterocycles. The van der Waals surface area contributed by atoms with Crippen LogP contribution < -0.4 is 4.87 Å². The van der Waals surface area contributed by atoms with Crippen molar-refractivity contribution in [3.05, 3.63) is 49.9 Å². The van der Waals surface area contributed by atoms with Crippen LogP contribution in [0.25, 0.3) is 11.1 Å². The number of aromatic nitrogens is 2. The van der Waals surface area contributed by atoms with E-state index in [4.69, 9.17) is 16.0 Å². The number of piperidine rings is 1. The highest BCUT2D eigenvalue weighted by Crippen LogP contribution is 2.30. The minimum absolute atomic E-state index is 0.0172. The summed E-state index contributed by atoms with van der Waals surface area (Å²) in [4.78, 5) is 30.6. The van der Waals surface area contributed by atoms with E-state index < -0.39 is 0 Å². The van der Waals surface area contributed by atoms with Crippen LogP contribution in [0.4, 0.5) is 0 Å². The molecule has 0 atom stereocenters. The Kier molecular flexibility index (Phi) is 4.58. The van der Waals surface area contributed by atoms with Gasteiger partial charge in [-0.15, -0.1) is 0 Å². The molecule has 136 valence electrons. The molecular formula is C18H18ClN3O3S. The van der Waals surface area contributed by atoms with Crippen LogP contribution in [-0.4, -0.2) is 33.4 Å². The van der Waals surface area contributed by atoms with Crippen molar-refractivity contribution >= 4 is 39.9 Å². The number of oxazole rings is 1. The lowest BCUT2D eigenvalue weighted by Gasteiger charge is -2.30. The minimum atomic E-state index is -0.0872. The number of carbonyl (C=O) groups is 1. The van der Waals surface area contributed by atoms with Gasteiger partial charge in [0.15, 0.2) is 11.5 Å². The van der Waals surface area contributed by atoms with Gasteiger partial charge in [-0.25, -0.2) is 4.98 Å². The smallest absolute Gasteiger partial charge is 0.307 e. The summed E-state index contributed by atoms with van der Waals surface area (Å²) >= 11 is 7.13. The summed E-state index contributed by atoms with van der Waals surface area (Å²) in [6.07, 6.45) is 1.59. The molecule has 3 aromatic rings. The molecule has 0 aliphatic carbocycles. The van der Waals surface area contributed by atoms with E-state index in [2.05, 4.69) is 4.98 Å². The Bertz CT molecular complexity index is 1010. The number of amides is 1. The van der Waals surface area contributed by atoms with Crippen LogP contribution in [-0.2, 0) is 11.3 Å². The molecule has 6 nitrogen and oxygen atoms in total. The van der Waals surface area contributed by atoms with Gasteiger partial charge in [0.25, 0.3) is 0 Å². The van der Waals surface area contributed by atoms with Crippen LogP contribution in [0, 0.1) is 6.92 Å². The molecule has 2 aromatic heterocycles. The lowest BCUT2D eigenvalue weighted by atomic mass is 9.97. The molecule has 26 heavy (non-hydrogen) atoms. The number of fused-ring (bicyclic) bond motifs is 1. The van der Waals surface area contributed by atoms with Gasteiger partial charge >= 0.3 is 4.87 Å². The van der Waals surface area contributed by atoms with E-state index >= 15 is 0 Å². The highest BCUT2D eigenvalue weighted by atomic mass is 35.5. The number of aryl methyl sites for hydroxylation is 1. The van der Waals surface area contributed by atoms with Crippen LogP contribution >= 0.6 is 22.9 Å². The zero-order valence-corrected chi connectivity index (χ0v) is 15.8. The third kappa shape index (κ3) is 3.29. The van der Waals surface area contributed by atoms with Gasteiger partial charge in [0.05, 0.1) is 0 Å². The predicted octanol–water partition coefficient (Wildman–Crippen LogP) is 3.42. The zero-order chi connectivity index (χ0) is 18.3. The van der Waals surface area contributed by atoms with Crippen molar-refractivity contribution in [2.75, 3.05) is 13.1 Å². The topological polar surface area (TPSA) is 68.3 Å². The molecule has 4 rings (SSSR count). The quantitative estimate of drug-likeness (QED) is 0.686. The molecule has 0 spiro atoms. The molecule has 1 amide bonds. The Labute approximate surface area is 159 Å². The minimum Gasteiger partial charge on any atom is -0.440 e. The molecular weight excluding hydrogens is 374 g/mol. The van der Waals surface area contributed by atoms with E-state index in [0.717, 1.165) is 41.0 Å². The molecule has 1 saturated heterocycles. The van der Waals surface area contributed by atoms with Crippen LogP contribution in [0.2, 0.25) is 5.02 Å². The first-order chi connectivity index (χ1) is 12.5. The molecule has 1 aliphatic rings. The molecule has 8 heteroatoms. The molecule has 3 heterocycles. The maximum atomic E-state index is 12.5. The van der Waals surface area contributed by atoms with E-state index in [9.17, 15) is 9.59 Å².